The summed E-state index contributed by atoms with van der Waals surface area (Å²) in [5.74, 6) is -0.153. The molecule has 32 heavy (non-hydrogen) atoms. The van der Waals surface area contributed by atoms with Crippen LogP contribution in [0.2, 0.25) is 0 Å². The molecule has 0 saturated carbocycles. The van der Waals surface area contributed by atoms with Crippen LogP contribution in [0.4, 0.5) is 0 Å². The van der Waals surface area contributed by atoms with Gasteiger partial charge in [-0.05, 0) is 43.4 Å². The summed E-state index contributed by atoms with van der Waals surface area (Å²) in [6.07, 6.45) is 2.58. The Morgan fingerprint density at radius 3 is 2.72 bits per heavy atom. The topological polar surface area (TPSA) is 89.3 Å². The van der Waals surface area contributed by atoms with E-state index in [9.17, 15) is 18.0 Å². The first kappa shape index (κ1) is 22.7. The zero-order chi connectivity index (χ0) is 23.0. The Hall–Kier alpha value is -2.52. The van der Waals surface area contributed by atoms with Crippen molar-refractivity contribution in [3.63, 3.8) is 0 Å². The van der Waals surface area contributed by atoms with Crippen molar-refractivity contribution in [3.8, 4) is 11.1 Å². The van der Waals surface area contributed by atoms with Gasteiger partial charge < -0.3 is 4.90 Å². The van der Waals surface area contributed by atoms with Crippen molar-refractivity contribution in [1.29, 1.82) is 0 Å². The summed E-state index contributed by atoms with van der Waals surface area (Å²) >= 11 is 1.41. The number of rotatable bonds is 6. The first-order valence-electron chi connectivity index (χ1n) is 10.7. The van der Waals surface area contributed by atoms with E-state index in [-0.39, 0.29) is 35.6 Å². The van der Waals surface area contributed by atoms with Crippen molar-refractivity contribution in [2.24, 2.45) is 0 Å². The van der Waals surface area contributed by atoms with E-state index >= 15 is 0 Å². The number of aromatic nitrogens is 2. The van der Waals surface area contributed by atoms with Crippen LogP contribution >= 0.6 is 11.3 Å². The molecule has 1 aromatic carbocycles. The molecule has 2 aromatic heterocycles. The average Bonchev–Trinajstić information content (AvgIpc) is 3.33. The molecule has 1 fully saturated rings. The molecule has 1 aliphatic rings. The predicted octanol–water partition coefficient (Wildman–Crippen LogP) is 3.17. The molecular formula is C23H27N3O4S2. The lowest BCUT2D eigenvalue weighted by atomic mass is 10.0. The minimum atomic E-state index is -3.11. The summed E-state index contributed by atoms with van der Waals surface area (Å²) in [5, 5.41) is 2.45. The van der Waals surface area contributed by atoms with Crippen molar-refractivity contribution in [2.75, 3.05) is 18.1 Å². The van der Waals surface area contributed by atoms with E-state index in [0.29, 0.717) is 23.2 Å². The minimum Gasteiger partial charge on any atom is -0.337 e. The number of hydrogen-bond acceptors (Lipinski definition) is 6. The van der Waals surface area contributed by atoms with Crippen LogP contribution in [0, 0.1) is 13.8 Å². The molecule has 0 spiro atoms. The number of aryl methyl sites for hydroxylation is 2. The van der Waals surface area contributed by atoms with Crippen LogP contribution in [0.5, 0.6) is 0 Å². The van der Waals surface area contributed by atoms with Gasteiger partial charge in [0.25, 0.3) is 5.56 Å². The van der Waals surface area contributed by atoms with E-state index in [1.54, 1.807) is 4.90 Å². The Morgan fingerprint density at radius 2 is 2.06 bits per heavy atom. The van der Waals surface area contributed by atoms with Gasteiger partial charge in [0, 0.05) is 23.5 Å². The largest absolute Gasteiger partial charge is 0.337 e. The summed E-state index contributed by atoms with van der Waals surface area (Å²) in [6.45, 7) is 6.35. The molecule has 3 aromatic rings. The fourth-order valence-corrected chi connectivity index (χ4v) is 6.85. The van der Waals surface area contributed by atoms with Crippen LogP contribution in [0.25, 0.3) is 21.3 Å². The zero-order valence-electron chi connectivity index (χ0n) is 18.5. The molecule has 1 aliphatic heterocycles. The molecule has 0 bridgehead atoms. The molecule has 9 heteroatoms. The maximum Gasteiger partial charge on any atom is 0.263 e. The van der Waals surface area contributed by atoms with Crippen molar-refractivity contribution >= 4 is 37.3 Å². The SMILES string of the molecule is CCCN(C(=O)Cn1cnc2scc(-c3ccc(C)c(C)c3)c2c1=O)C1CCS(=O)(=O)C1. The lowest BCUT2D eigenvalue weighted by molar-refractivity contribution is -0.133. The lowest BCUT2D eigenvalue weighted by Gasteiger charge is -2.28. The summed E-state index contributed by atoms with van der Waals surface area (Å²) < 4.78 is 25.2. The van der Waals surface area contributed by atoms with Gasteiger partial charge in [-0.25, -0.2) is 13.4 Å². The molecule has 0 aliphatic carbocycles. The fraction of sp³-hybridized carbons (Fsp3) is 0.435. The van der Waals surface area contributed by atoms with Gasteiger partial charge >= 0.3 is 0 Å². The van der Waals surface area contributed by atoms with E-state index in [0.717, 1.165) is 23.1 Å². The fourth-order valence-electron chi connectivity index (χ4n) is 4.21. The zero-order valence-corrected chi connectivity index (χ0v) is 20.1. The van der Waals surface area contributed by atoms with E-state index < -0.39 is 9.84 Å². The lowest BCUT2D eigenvalue weighted by Crippen LogP contribution is -2.44. The normalized spacial score (nSPS) is 17.7. The molecular weight excluding hydrogens is 446 g/mol. The van der Waals surface area contributed by atoms with Crippen LogP contribution in [0.3, 0.4) is 0 Å². The van der Waals surface area contributed by atoms with Crippen molar-refractivity contribution in [1.82, 2.24) is 14.5 Å². The van der Waals surface area contributed by atoms with Gasteiger partial charge in [0.1, 0.15) is 11.4 Å². The van der Waals surface area contributed by atoms with Gasteiger partial charge in [0.2, 0.25) is 5.91 Å². The molecule has 7 nitrogen and oxygen atoms in total. The van der Waals surface area contributed by atoms with Crippen LogP contribution in [0.1, 0.15) is 30.9 Å². The number of carbonyl (C=O) groups excluding carboxylic acids is 1. The second kappa shape index (κ2) is 8.78. The second-order valence-electron chi connectivity index (χ2n) is 8.45. The molecule has 0 N–H and O–H groups in total. The third-order valence-electron chi connectivity index (χ3n) is 6.12. The second-order valence-corrected chi connectivity index (χ2v) is 11.5. The Balaban J connectivity index is 1.67. The number of thiophene rings is 1. The van der Waals surface area contributed by atoms with Crippen molar-refractivity contribution in [3.05, 3.63) is 51.4 Å². The van der Waals surface area contributed by atoms with Gasteiger partial charge in [-0.2, -0.15) is 0 Å². The highest BCUT2D eigenvalue weighted by atomic mass is 32.2. The first-order chi connectivity index (χ1) is 15.2. The van der Waals surface area contributed by atoms with E-state index in [1.165, 1.54) is 27.8 Å². The molecule has 1 saturated heterocycles. The van der Waals surface area contributed by atoms with Crippen LogP contribution in [0.15, 0.2) is 34.7 Å². The molecule has 1 atom stereocenters. The smallest absolute Gasteiger partial charge is 0.263 e. The Bertz CT molecular complexity index is 1340. The van der Waals surface area contributed by atoms with E-state index in [2.05, 4.69) is 11.1 Å². The average molecular weight is 474 g/mol. The molecule has 3 heterocycles. The minimum absolute atomic E-state index is 0.00756. The van der Waals surface area contributed by atoms with Gasteiger partial charge in [0.15, 0.2) is 9.84 Å². The highest BCUT2D eigenvalue weighted by Crippen LogP contribution is 2.31. The third-order valence-corrected chi connectivity index (χ3v) is 8.75. The summed E-state index contributed by atoms with van der Waals surface area (Å²) in [5.41, 5.74) is 3.83. The maximum atomic E-state index is 13.3. The van der Waals surface area contributed by atoms with Crippen LogP contribution in [-0.4, -0.2) is 52.9 Å². The van der Waals surface area contributed by atoms with Gasteiger partial charge in [-0.15, -0.1) is 11.3 Å². The van der Waals surface area contributed by atoms with E-state index in [1.807, 2.05) is 38.3 Å². The van der Waals surface area contributed by atoms with Gasteiger partial charge in [0.05, 0.1) is 23.2 Å². The highest BCUT2D eigenvalue weighted by Gasteiger charge is 2.34. The third kappa shape index (κ3) is 4.36. The predicted molar refractivity (Wildman–Crippen MR) is 128 cm³/mol. The van der Waals surface area contributed by atoms with E-state index in [4.69, 9.17) is 0 Å². The first-order valence-corrected chi connectivity index (χ1v) is 13.4. The standard InChI is InChI=1S/C23H27N3O4S2/c1-4-8-26(18-7-9-32(29,30)13-18)20(27)11-25-14-24-22-21(23(25)28)19(12-31-22)17-6-5-15(2)16(3)10-17/h5-6,10,12,14,18H,4,7-9,11,13H2,1-3H3. The number of benzene rings is 1. The molecule has 4 rings (SSSR count). The van der Waals surface area contributed by atoms with Crippen LogP contribution < -0.4 is 5.56 Å². The van der Waals surface area contributed by atoms with Crippen molar-refractivity contribution in [2.45, 2.75) is 46.2 Å². The maximum absolute atomic E-state index is 13.3. The van der Waals surface area contributed by atoms with Gasteiger partial charge in [-0.3, -0.25) is 14.2 Å². The number of nitrogens with zero attached hydrogens (tertiary/aromatic N) is 3. The Labute approximate surface area is 191 Å². The molecule has 1 amide bonds. The Kier molecular flexibility index (Phi) is 6.22. The molecule has 170 valence electrons. The highest BCUT2D eigenvalue weighted by molar-refractivity contribution is 7.91. The molecule has 1 unspecified atom stereocenters. The monoisotopic (exact) mass is 473 g/mol. The summed E-state index contributed by atoms with van der Waals surface area (Å²) in [7, 11) is -3.11. The van der Waals surface area contributed by atoms with Crippen LogP contribution in [-0.2, 0) is 21.2 Å². The summed E-state index contributed by atoms with van der Waals surface area (Å²) in [6, 6.07) is 5.76. The quantitative estimate of drug-likeness (QED) is 0.549. The number of fused-ring (bicyclic) bond motifs is 1. The number of sulfone groups is 1. The Morgan fingerprint density at radius 1 is 1.28 bits per heavy atom. The summed E-state index contributed by atoms with van der Waals surface area (Å²) in [4.78, 5) is 33.1. The number of hydrogen-bond donors (Lipinski definition) is 0. The van der Waals surface area contributed by atoms with Gasteiger partial charge in [-0.1, -0.05) is 25.1 Å². The molecule has 0 radical (unpaired) electrons. The van der Waals surface area contributed by atoms with Crippen molar-refractivity contribution < 1.29 is 13.2 Å². The number of carbonyl (C=O) groups is 1. The number of amides is 1.